The first kappa shape index (κ1) is 17.6. The third-order valence-corrected chi connectivity index (χ3v) is 5.07. The maximum absolute atomic E-state index is 12.0. The van der Waals surface area contributed by atoms with Crippen LogP contribution in [-0.4, -0.2) is 41.3 Å². The van der Waals surface area contributed by atoms with Gasteiger partial charge in [0, 0.05) is 17.8 Å². The van der Waals surface area contributed by atoms with Gasteiger partial charge in [0.05, 0.1) is 6.10 Å². The van der Waals surface area contributed by atoms with Gasteiger partial charge in [-0.15, -0.1) is 0 Å². The lowest BCUT2D eigenvalue weighted by Crippen LogP contribution is -2.49. The summed E-state index contributed by atoms with van der Waals surface area (Å²) in [5.41, 5.74) is -0.0863. The molecule has 0 radical (unpaired) electrons. The Balaban J connectivity index is 2.35. The number of rotatable bonds is 6. The number of aliphatic hydroxyl groups excluding tert-OH is 1. The molecular weight excluding hydrogens is 272 g/mol. The molecule has 0 aliphatic heterocycles. The fraction of sp³-hybridized carbons (Fsp3) is 0.933. The maximum Gasteiger partial charge on any atom is 0.315 e. The number of thioether (sulfide) groups is 1. The lowest BCUT2D eigenvalue weighted by molar-refractivity contribution is 0.128. The van der Waals surface area contributed by atoms with Crippen molar-refractivity contribution in [1.29, 1.82) is 0 Å². The second-order valence-corrected chi connectivity index (χ2v) is 7.79. The van der Waals surface area contributed by atoms with E-state index >= 15 is 0 Å². The molecule has 0 aromatic rings. The van der Waals surface area contributed by atoms with Crippen LogP contribution in [0, 0.1) is 5.41 Å². The Kier molecular flexibility index (Phi) is 7.17. The quantitative estimate of drug-likeness (QED) is 0.707. The van der Waals surface area contributed by atoms with E-state index in [1.165, 1.54) is 19.3 Å². The normalized spacial score (nSPS) is 25.1. The maximum atomic E-state index is 12.0. The Morgan fingerprint density at radius 1 is 1.40 bits per heavy atom. The number of carbonyl (C=O) groups is 1. The van der Waals surface area contributed by atoms with Crippen LogP contribution in [0.15, 0.2) is 0 Å². The monoisotopic (exact) mass is 302 g/mol. The van der Waals surface area contributed by atoms with Crippen LogP contribution in [0.25, 0.3) is 0 Å². The third-order valence-electron chi connectivity index (χ3n) is 3.90. The molecule has 3 atom stereocenters. The molecule has 0 unspecified atom stereocenters. The molecule has 3 N–H and O–H groups in total. The minimum absolute atomic E-state index is 0.0744. The number of urea groups is 1. The highest BCUT2D eigenvalue weighted by Gasteiger charge is 2.26. The lowest BCUT2D eigenvalue weighted by atomic mass is 9.87. The number of nitrogens with one attached hydrogen (secondary N) is 2. The minimum atomic E-state index is -0.339. The number of carbonyl (C=O) groups excluding carboxylic acids is 1. The molecule has 4 nitrogen and oxygen atoms in total. The highest BCUT2D eigenvalue weighted by atomic mass is 32.2. The van der Waals surface area contributed by atoms with E-state index < -0.39 is 0 Å². The molecule has 0 aromatic heterocycles. The van der Waals surface area contributed by atoms with Crippen molar-refractivity contribution in [2.45, 2.75) is 70.3 Å². The van der Waals surface area contributed by atoms with E-state index in [0.29, 0.717) is 24.3 Å². The van der Waals surface area contributed by atoms with Crippen molar-refractivity contribution in [1.82, 2.24) is 10.6 Å². The van der Waals surface area contributed by atoms with Gasteiger partial charge >= 0.3 is 6.03 Å². The molecule has 1 fully saturated rings. The highest BCUT2D eigenvalue weighted by molar-refractivity contribution is 7.99. The minimum Gasteiger partial charge on any atom is -0.393 e. The van der Waals surface area contributed by atoms with E-state index in [9.17, 15) is 9.90 Å². The highest BCUT2D eigenvalue weighted by Crippen LogP contribution is 2.27. The molecule has 5 heteroatoms. The van der Waals surface area contributed by atoms with Gasteiger partial charge in [0.15, 0.2) is 0 Å². The largest absolute Gasteiger partial charge is 0.393 e. The van der Waals surface area contributed by atoms with Crippen LogP contribution in [0.1, 0.15) is 52.9 Å². The summed E-state index contributed by atoms with van der Waals surface area (Å²) in [4.78, 5) is 12.0. The van der Waals surface area contributed by atoms with E-state index in [2.05, 4.69) is 30.7 Å². The van der Waals surface area contributed by atoms with Gasteiger partial charge in [-0.3, -0.25) is 0 Å². The van der Waals surface area contributed by atoms with Crippen LogP contribution >= 0.6 is 11.8 Å². The summed E-state index contributed by atoms with van der Waals surface area (Å²) in [5, 5.41) is 16.1. The summed E-state index contributed by atoms with van der Waals surface area (Å²) in [6.07, 6.45) is 7.21. The Hall–Kier alpha value is -0.420. The molecule has 0 saturated heterocycles. The van der Waals surface area contributed by atoms with Crippen molar-refractivity contribution in [3.63, 3.8) is 0 Å². The van der Waals surface area contributed by atoms with Crippen LogP contribution in [0.2, 0.25) is 0 Å². The van der Waals surface area contributed by atoms with Crippen LogP contribution < -0.4 is 10.6 Å². The first-order chi connectivity index (χ1) is 9.34. The second-order valence-electron chi connectivity index (χ2n) is 6.71. The molecule has 0 spiro atoms. The first-order valence-electron chi connectivity index (χ1n) is 7.59. The topological polar surface area (TPSA) is 61.4 Å². The van der Waals surface area contributed by atoms with Crippen molar-refractivity contribution >= 4 is 17.8 Å². The average Bonchev–Trinajstić information content (AvgIpc) is 2.36. The van der Waals surface area contributed by atoms with Gasteiger partial charge in [-0.05, 0) is 37.9 Å². The molecule has 1 aliphatic carbocycles. The zero-order valence-corrected chi connectivity index (χ0v) is 14.1. The predicted molar refractivity (Wildman–Crippen MR) is 86.2 cm³/mol. The smallest absolute Gasteiger partial charge is 0.315 e. The molecular formula is C15H30N2O2S. The van der Waals surface area contributed by atoms with Gasteiger partial charge in [-0.2, -0.15) is 11.8 Å². The summed E-state index contributed by atoms with van der Waals surface area (Å²) >= 11 is 1.85. The Bertz CT molecular complexity index is 308. The Morgan fingerprint density at radius 2 is 2.05 bits per heavy atom. The van der Waals surface area contributed by atoms with Gasteiger partial charge in [0.2, 0.25) is 0 Å². The van der Waals surface area contributed by atoms with Gasteiger partial charge < -0.3 is 15.7 Å². The van der Waals surface area contributed by atoms with Crippen molar-refractivity contribution in [3.05, 3.63) is 0 Å². The second kappa shape index (κ2) is 8.13. The summed E-state index contributed by atoms with van der Waals surface area (Å²) in [6, 6.07) is 0.216. The zero-order valence-electron chi connectivity index (χ0n) is 13.2. The standard InChI is InChI=1S/C15H30N2O2S/c1-11(18)9-15(2,3)10-16-14(19)17-12-7-5-6-8-13(12)20-4/h11-13,18H,5-10H2,1-4H3,(H2,16,17,19)/t11-,12-,13+/m0/s1. The van der Waals surface area contributed by atoms with Crippen molar-refractivity contribution in [3.8, 4) is 0 Å². The molecule has 2 amide bonds. The summed E-state index contributed by atoms with van der Waals surface area (Å²) in [6.45, 7) is 6.49. The fourth-order valence-corrected chi connectivity index (χ4v) is 3.89. The molecule has 1 rings (SSSR count). The third kappa shape index (κ3) is 6.35. The van der Waals surface area contributed by atoms with Crippen molar-refractivity contribution in [2.75, 3.05) is 12.8 Å². The van der Waals surface area contributed by atoms with E-state index in [1.807, 2.05) is 11.8 Å². The molecule has 0 heterocycles. The van der Waals surface area contributed by atoms with Crippen LogP contribution in [0.5, 0.6) is 0 Å². The molecule has 1 aliphatic rings. The number of aliphatic hydroxyl groups is 1. The van der Waals surface area contributed by atoms with E-state index in [1.54, 1.807) is 6.92 Å². The fourth-order valence-electron chi connectivity index (χ4n) is 2.95. The van der Waals surface area contributed by atoms with Gasteiger partial charge in [0.25, 0.3) is 0 Å². The van der Waals surface area contributed by atoms with E-state index in [-0.39, 0.29) is 17.6 Å². The lowest BCUT2D eigenvalue weighted by Gasteiger charge is -2.32. The van der Waals surface area contributed by atoms with Gasteiger partial charge in [-0.25, -0.2) is 4.79 Å². The molecule has 20 heavy (non-hydrogen) atoms. The van der Waals surface area contributed by atoms with Gasteiger partial charge in [-0.1, -0.05) is 26.7 Å². The van der Waals surface area contributed by atoms with Crippen molar-refractivity contribution < 1.29 is 9.90 Å². The number of amides is 2. The number of hydrogen-bond donors (Lipinski definition) is 3. The SMILES string of the molecule is CS[C@@H]1CCCC[C@@H]1NC(=O)NCC(C)(C)C[C@H](C)O. The molecule has 0 bridgehead atoms. The zero-order chi connectivity index (χ0) is 15.2. The first-order valence-corrected chi connectivity index (χ1v) is 8.88. The molecule has 1 saturated carbocycles. The summed E-state index contributed by atoms with van der Waals surface area (Å²) in [5.74, 6) is 0. The average molecular weight is 302 g/mol. The van der Waals surface area contributed by atoms with Crippen LogP contribution in [0.4, 0.5) is 4.79 Å². The van der Waals surface area contributed by atoms with Crippen molar-refractivity contribution in [2.24, 2.45) is 5.41 Å². The Morgan fingerprint density at radius 3 is 2.65 bits per heavy atom. The predicted octanol–water partition coefficient (Wildman–Crippen LogP) is 2.76. The number of hydrogen-bond acceptors (Lipinski definition) is 3. The van der Waals surface area contributed by atoms with Crippen LogP contribution in [0.3, 0.4) is 0 Å². The molecule has 0 aromatic carbocycles. The van der Waals surface area contributed by atoms with Crippen LogP contribution in [-0.2, 0) is 0 Å². The van der Waals surface area contributed by atoms with Gasteiger partial charge in [0.1, 0.15) is 0 Å². The van der Waals surface area contributed by atoms with E-state index in [0.717, 1.165) is 6.42 Å². The summed E-state index contributed by atoms with van der Waals surface area (Å²) < 4.78 is 0. The summed E-state index contributed by atoms with van der Waals surface area (Å²) in [7, 11) is 0. The Labute approximate surface area is 127 Å². The molecule has 118 valence electrons. The van der Waals surface area contributed by atoms with E-state index in [4.69, 9.17) is 0 Å².